The SMILES string of the molecule is CC(=O)NC1CCC(Nc2ncc(F)c(-c3cccc(N4CCOC4=O)c3)n2)CC1. The van der Waals surface area contributed by atoms with Gasteiger partial charge in [-0.15, -0.1) is 0 Å². The molecule has 1 saturated heterocycles. The first-order chi connectivity index (χ1) is 14.5. The molecule has 2 amide bonds. The van der Waals surface area contributed by atoms with E-state index in [1.807, 2.05) is 0 Å². The molecule has 9 heteroatoms. The van der Waals surface area contributed by atoms with Gasteiger partial charge < -0.3 is 15.4 Å². The maximum atomic E-state index is 14.5. The minimum absolute atomic E-state index is 0.0117. The predicted molar refractivity (Wildman–Crippen MR) is 110 cm³/mol. The highest BCUT2D eigenvalue weighted by Gasteiger charge is 2.25. The molecular formula is C21H24FN5O3. The number of cyclic esters (lactones) is 1. The molecule has 4 rings (SSSR count). The fourth-order valence-electron chi connectivity index (χ4n) is 3.94. The lowest BCUT2D eigenvalue weighted by Gasteiger charge is -2.29. The number of hydrogen-bond donors (Lipinski definition) is 2. The molecule has 2 aromatic rings. The van der Waals surface area contributed by atoms with E-state index in [4.69, 9.17) is 4.74 Å². The zero-order valence-corrected chi connectivity index (χ0v) is 16.7. The first kappa shape index (κ1) is 20.1. The molecule has 0 unspecified atom stereocenters. The van der Waals surface area contributed by atoms with Gasteiger partial charge in [-0.1, -0.05) is 12.1 Å². The molecule has 8 nitrogen and oxygen atoms in total. The van der Waals surface area contributed by atoms with E-state index in [2.05, 4.69) is 20.6 Å². The van der Waals surface area contributed by atoms with E-state index in [1.54, 1.807) is 24.3 Å². The summed E-state index contributed by atoms with van der Waals surface area (Å²) in [6, 6.07) is 7.37. The zero-order valence-electron chi connectivity index (χ0n) is 16.7. The first-order valence-electron chi connectivity index (χ1n) is 10.1. The van der Waals surface area contributed by atoms with E-state index >= 15 is 0 Å². The molecule has 0 atom stereocenters. The van der Waals surface area contributed by atoms with Crippen LogP contribution < -0.4 is 15.5 Å². The van der Waals surface area contributed by atoms with Crippen molar-refractivity contribution < 1.29 is 18.7 Å². The van der Waals surface area contributed by atoms with Crippen molar-refractivity contribution in [3.05, 3.63) is 36.3 Å². The third-order valence-corrected chi connectivity index (χ3v) is 5.40. The van der Waals surface area contributed by atoms with Gasteiger partial charge in [-0.2, -0.15) is 0 Å². The Morgan fingerprint density at radius 2 is 2.00 bits per heavy atom. The van der Waals surface area contributed by atoms with Gasteiger partial charge in [0, 0.05) is 30.3 Å². The summed E-state index contributed by atoms with van der Waals surface area (Å²) in [5, 5.41) is 6.23. The van der Waals surface area contributed by atoms with Gasteiger partial charge in [0.25, 0.3) is 0 Å². The monoisotopic (exact) mass is 413 g/mol. The van der Waals surface area contributed by atoms with Gasteiger partial charge in [0.1, 0.15) is 12.3 Å². The van der Waals surface area contributed by atoms with Crippen LogP contribution in [0.25, 0.3) is 11.3 Å². The average molecular weight is 413 g/mol. The van der Waals surface area contributed by atoms with Crippen molar-refractivity contribution in [2.24, 2.45) is 0 Å². The first-order valence-corrected chi connectivity index (χ1v) is 10.1. The number of aromatic nitrogens is 2. The summed E-state index contributed by atoms with van der Waals surface area (Å²) in [6.45, 7) is 2.32. The molecule has 0 radical (unpaired) electrons. The second-order valence-electron chi connectivity index (χ2n) is 7.60. The fourth-order valence-corrected chi connectivity index (χ4v) is 3.94. The number of nitrogens with one attached hydrogen (secondary N) is 2. The number of amides is 2. The molecule has 0 bridgehead atoms. The summed E-state index contributed by atoms with van der Waals surface area (Å²) in [6.07, 6.45) is 4.23. The number of carbonyl (C=O) groups excluding carboxylic acids is 2. The van der Waals surface area contributed by atoms with Gasteiger partial charge in [0.15, 0.2) is 5.82 Å². The van der Waals surface area contributed by atoms with Gasteiger partial charge in [-0.3, -0.25) is 9.69 Å². The van der Waals surface area contributed by atoms with Gasteiger partial charge in [0.05, 0.1) is 12.7 Å². The molecule has 1 aliphatic heterocycles. The molecule has 2 N–H and O–H groups in total. The number of rotatable bonds is 5. The number of hydrogen-bond acceptors (Lipinski definition) is 6. The van der Waals surface area contributed by atoms with E-state index in [1.165, 1.54) is 11.8 Å². The molecule has 2 fully saturated rings. The van der Waals surface area contributed by atoms with Gasteiger partial charge >= 0.3 is 6.09 Å². The van der Waals surface area contributed by atoms with Crippen LogP contribution in [0.1, 0.15) is 32.6 Å². The largest absolute Gasteiger partial charge is 0.447 e. The number of nitrogens with zero attached hydrogens (tertiary/aromatic N) is 3. The Morgan fingerprint density at radius 3 is 2.70 bits per heavy atom. The smallest absolute Gasteiger partial charge is 0.414 e. The fraction of sp³-hybridized carbons (Fsp3) is 0.429. The number of halogens is 1. The third-order valence-electron chi connectivity index (χ3n) is 5.40. The molecule has 1 aromatic heterocycles. The zero-order chi connectivity index (χ0) is 21.1. The molecule has 2 aliphatic rings. The molecule has 0 spiro atoms. The second kappa shape index (κ2) is 8.64. The summed E-state index contributed by atoms with van der Waals surface area (Å²) in [4.78, 5) is 33.0. The lowest BCUT2D eigenvalue weighted by Crippen LogP contribution is -2.39. The van der Waals surface area contributed by atoms with Crippen LogP contribution in [-0.2, 0) is 9.53 Å². The van der Waals surface area contributed by atoms with Crippen molar-refractivity contribution >= 4 is 23.6 Å². The van der Waals surface area contributed by atoms with Crippen molar-refractivity contribution in [1.82, 2.24) is 15.3 Å². The lowest BCUT2D eigenvalue weighted by molar-refractivity contribution is -0.119. The number of ether oxygens (including phenoxy) is 1. The van der Waals surface area contributed by atoms with Crippen LogP contribution in [0.2, 0.25) is 0 Å². The van der Waals surface area contributed by atoms with E-state index in [-0.39, 0.29) is 23.7 Å². The van der Waals surface area contributed by atoms with Crippen LogP contribution in [0.15, 0.2) is 30.5 Å². The Labute approximate surface area is 173 Å². The molecule has 158 valence electrons. The highest BCUT2D eigenvalue weighted by molar-refractivity contribution is 5.90. The number of carbonyl (C=O) groups is 2. The topological polar surface area (TPSA) is 96.5 Å². The van der Waals surface area contributed by atoms with E-state index in [0.717, 1.165) is 31.9 Å². The Kier molecular flexibility index (Phi) is 5.78. The molecule has 30 heavy (non-hydrogen) atoms. The third kappa shape index (κ3) is 4.50. The molecule has 1 aliphatic carbocycles. The van der Waals surface area contributed by atoms with Crippen LogP contribution in [-0.4, -0.2) is 47.2 Å². The predicted octanol–water partition coefficient (Wildman–Crippen LogP) is 3.10. The minimum Gasteiger partial charge on any atom is -0.447 e. The summed E-state index contributed by atoms with van der Waals surface area (Å²) in [5.41, 5.74) is 1.37. The normalized spacial score (nSPS) is 21.3. The quantitative estimate of drug-likeness (QED) is 0.782. The second-order valence-corrected chi connectivity index (χ2v) is 7.60. The van der Waals surface area contributed by atoms with Crippen molar-refractivity contribution in [3.63, 3.8) is 0 Å². The van der Waals surface area contributed by atoms with Crippen LogP contribution in [0.4, 0.5) is 20.8 Å². The summed E-state index contributed by atoms with van der Waals surface area (Å²) in [5.74, 6) is -0.182. The van der Waals surface area contributed by atoms with Gasteiger partial charge in [-0.05, 0) is 37.8 Å². The highest BCUT2D eigenvalue weighted by atomic mass is 19.1. The van der Waals surface area contributed by atoms with Gasteiger partial charge in [-0.25, -0.2) is 19.2 Å². The summed E-state index contributed by atoms with van der Waals surface area (Å²) >= 11 is 0. The van der Waals surface area contributed by atoms with Crippen LogP contribution in [0, 0.1) is 5.82 Å². The van der Waals surface area contributed by atoms with E-state index < -0.39 is 11.9 Å². The number of benzene rings is 1. The standard InChI is InChI=1S/C21H24FN5O3/c1-13(28)24-15-5-7-16(8-6-15)25-20-23-12-18(22)19(26-20)14-3-2-4-17(11-14)27-9-10-30-21(27)29/h2-4,11-12,15-16H,5-10H2,1H3,(H,24,28)(H,23,25,26). The van der Waals surface area contributed by atoms with Gasteiger partial charge in [0.2, 0.25) is 11.9 Å². The van der Waals surface area contributed by atoms with Crippen molar-refractivity contribution in [1.29, 1.82) is 0 Å². The van der Waals surface area contributed by atoms with Crippen LogP contribution in [0.5, 0.6) is 0 Å². The molecule has 1 saturated carbocycles. The van der Waals surface area contributed by atoms with E-state index in [0.29, 0.717) is 30.4 Å². The Morgan fingerprint density at radius 1 is 1.23 bits per heavy atom. The number of anilines is 2. The summed E-state index contributed by atoms with van der Waals surface area (Å²) in [7, 11) is 0. The Bertz CT molecular complexity index is 946. The Hall–Kier alpha value is -3.23. The highest BCUT2D eigenvalue weighted by Crippen LogP contribution is 2.28. The van der Waals surface area contributed by atoms with Crippen LogP contribution >= 0.6 is 0 Å². The van der Waals surface area contributed by atoms with Crippen molar-refractivity contribution in [2.75, 3.05) is 23.4 Å². The van der Waals surface area contributed by atoms with Crippen LogP contribution in [0.3, 0.4) is 0 Å². The lowest BCUT2D eigenvalue weighted by atomic mass is 9.91. The minimum atomic E-state index is -0.531. The molecule has 1 aromatic carbocycles. The Balaban J connectivity index is 1.48. The molecular weight excluding hydrogens is 389 g/mol. The molecule has 2 heterocycles. The maximum absolute atomic E-state index is 14.5. The summed E-state index contributed by atoms with van der Waals surface area (Å²) < 4.78 is 19.5. The van der Waals surface area contributed by atoms with E-state index in [9.17, 15) is 14.0 Å². The van der Waals surface area contributed by atoms with Crippen molar-refractivity contribution in [2.45, 2.75) is 44.7 Å². The maximum Gasteiger partial charge on any atom is 0.414 e. The average Bonchev–Trinajstić information content (AvgIpc) is 3.16. The van der Waals surface area contributed by atoms with Crippen molar-refractivity contribution in [3.8, 4) is 11.3 Å².